The highest BCUT2D eigenvalue weighted by Gasteiger charge is 2.46. The summed E-state index contributed by atoms with van der Waals surface area (Å²) in [6.07, 6.45) is 2.47. The summed E-state index contributed by atoms with van der Waals surface area (Å²) in [6.45, 7) is 0.715. The first-order valence-electron chi connectivity index (χ1n) is 6.88. The highest BCUT2D eigenvalue weighted by atomic mass is 32.2. The summed E-state index contributed by atoms with van der Waals surface area (Å²) in [6, 6.07) is 1.18. The summed E-state index contributed by atoms with van der Waals surface area (Å²) in [5, 5.41) is 18.9. The maximum atomic E-state index is 12.6. The van der Waals surface area contributed by atoms with Gasteiger partial charge in [0.25, 0.3) is 0 Å². The lowest BCUT2D eigenvalue weighted by molar-refractivity contribution is 0.0686. The van der Waals surface area contributed by atoms with Crippen LogP contribution in [-0.2, 0) is 17.1 Å². The van der Waals surface area contributed by atoms with Crippen molar-refractivity contribution in [2.24, 2.45) is 18.9 Å². The minimum atomic E-state index is -3.70. The number of carbonyl (C=O) groups is 1. The number of aromatic nitrogens is 1. The van der Waals surface area contributed by atoms with Crippen molar-refractivity contribution in [1.82, 2.24) is 8.87 Å². The average Bonchev–Trinajstić information content (AvgIpc) is 3.05. The number of rotatable bonds is 3. The second-order valence-corrected chi connectivity index (χ2v) is 7.81. The Morgan fingerprint density at radius 1 is 1.33 bits per heavy atom. The van der Waals surface area contributed by atoms with Crippen LogP contribution in [0.5, 0.6) is 0 Å². The van der Waals surface area contributed by atoms with E-state index in [4.69, 9.17) is 5.11 Å². The molecule has 1 saturated carbocycles. The van der Waals surface area contributed by atoms with Gasteiger partial charge in [-0.05, 0) is 24.8 Å². The predicted molar refractivity (Wildman–Crippen MR) is 73.4 cm³/mol. The maximum Gasteiger partial charge on any atom is 0.352 e. The molecule has 1 aliphatic heterocycles. The van der Waals surface area contributed by atoms with Crippen LogP contribution in [0.25, 0.3) is 0 Å². The van der Waals surface area contributed by atoms with E-state index in [1.54, 1.807) is 0 Å². The quantitative estimate of drug-likeness (QED) is 0.825. The molecule has 0 amide bonds. The molecule has 2 heterocycles. The van der Waals surface area contributed by atoms with Crippen molar-refractivity contribution in [3.8, 4) is 0 Å². The number of aromatic carboxylic acids is 1. The molecule has 1 aromatic heterocycles. The molecule has 0 radical (unpaired) electrons. The number of aliphatic hydroxyl groups excluding tert-OH is 1. The van der Waals surface area contributed by atoms with Crippen LogP contribution in [0.3, 0.4) is 0 Å². The van der Waals surface area contributed by atoms with Gasteiger partial charge in [-0.25, -0.2) is 13.2 Å². The molecule has 3 atom stereocenters. The van der Waals surface area contributed by atoms with Gasteiger partial charge < -0.3 is 14.8 Å². The molecular weight excluding hydrogens is 296 g/mol. The lowest BCUT2D eigenvalue weighted by atomic mass is 10.00. The van der Waals surface area contributed by atoms with Gasteiger partial charge in [-0.1, -0.05) is 0 Å². The summed E-state index contributed by atoms with van der Waals surface area (Å²) in [7, 11) is -2.20. The zero-order valence-corrected chi connectivity index (χ0v) is 12.5. The normalized spacial score (nSPS) is 29.7. The van der Waals surface area contributed by atoms with Gasteiger partial charge in [0, 0.05) is 32.3 Å². The van der Waals surface area contributed by atoms with Crippen molar-refractivity contribution in [3.63, 3.8) is 0 Å². The standard InChI is InChI=1S/C13H18N2O5S/c1-14-6-9(4-11(14)13(17)18)21(19,20)15-5-8-2-3-12(16)10(8)7-15/h4,6,8,10,12,16H,2-3,5,7H2,1H3,(H,17,18). The van der Waals surface area contributed by atoms with Gasteiger partial charge in [0.1, 0.15) is 10.6 Å². The molecule has 3 rings (SSSR count). The van der Waals surface area contributed by atoms with E-state index in [1.165, 1.54) is 28.2 Å². The van der Waals surface area contributed by atoms with Gasteiger partial charge in [0.15, 0.2) is 0 Å². The molecule has 2 aliphatic rings. The number of aryl methyl sites for hydroxylation is 1. The van der Waals surface area contributed by atoms with Crippen LogP contribution in [0, 0.1) is 11.8 Å². The van der Waals surface area contributed by atoms with Crippen LogP contribution >= 0.6 is 0 Å². The molecule has 0 aromatic carbocycles. The van der Waals surface area contributed by atoms with E-state index in [1.807, 2.05) is 0 Å². The van der Waals surface area contributed by atoms with E-state index in [0.29, 0.717) is 13.1 Å². The van der Waals surface area contributed by atoms with E-state index in [0.717, 1.165) is 12.8 Å². The van der Waals surface area contributed by atoms with E-state index in [2.05, 4.69) is 0 Å². The molecule has 116 valence electrons. The molecule has 21 heavy (non-hydrogen) atoms. The van der Waals surface area contributed by atoms with E-state index in [-0.39, 0.29) is 22.4 Å². The van der Waals surface area contributed by atoms with Gasteiger partial charge in [-0.15, -0.1) is 0 Å². The molecule has 1 saturated heterocycles. The highest BCUT2D eigenvalue weighted by molar-refractivity contribution is 7.89. The van der Waals surface area contributed by atoms with Gasteiger partial charge in [0.05, 0.1) is 6.10 Å². The van der Waals surface area contributed by atoms with Crippen LogP contribution in [0.2, 0.25) is 0 Å². The number of carboxylic acids is 1. The van der Waals surface area contributed by atoms with E-state index >= 15 is 0 Å². The predicted octanol–water partition coefficient (Wildman–Crippen LogP) is 0.115. The third-order valence-corrected chi connectivity index (χ3v) is 6.42. The number of hydrogen-bond donors (Lipinski definition) is 2. The molecule has 2 N–H and O–H groups in total. The van der Waals surface area contributed by atoms with Gasteiger partial charge in [0.2, 0.25) is 10.0 Å². The number of fused-ring (bicyclic) bond motifs is 1. The lowest BCUT2D eigenvalue weighted by Gasteiger charge is -2.17. The van der Waals surface area contributed by atoms with Crippen LogP contribution in [0.1, 0.15) is 23.3 Å². The topological polar surface area (TPSA) is 99.8 Å². The molecule has 0 spiro atoms. The molecule has 8 heteroatoms. The zero-order valence-electron chi connectivity index (χ0n) is 11.6. The Balaban J connectivity index is 1.88. The zero-order chi connectivity index (χ0) is 15.4. The lowest BCUT2D eigenvalue weighted by Crippen LogP contribution is -2.31. The van der Waals surface area contributed by atoms with Gasteiger partial charge in [-0.3, -0.25) is 0 Å². The summed E-state index contributed by atoms with van der Waals surface area (Å²) in [5.74, 6) is -0.951. The Morgan fingerprint density at radius 3 is 2.62 bits per heavy atom. The highest BCUT2D eigenvalue weighted by Crippen LogP contribution is 2.40. The summed E-state index contributed by atoms with van der Waals surface area (Å²) >= 11 is 0. The molecule has 0 bridgehead atoms. The van der Waals surface area contributed by atoms with Crippen LogP contribution in [-0.4, -0.2) is 52.7 Å². The molecule has 7 nitrogen and oxygen atoms in total. The maximum absolute atomic E-state index is 12.6. The second kappa shape index (κ2) is 4.82. The number of sulfonamides is 1. The third kappa shape index (κ3) is 2.27. The molecule has 2 fully saturated rings. The minimum absolute atomic E-state index is 0.00225. The Morgan fingerprint density at radius 2 is 2.05 bits per heavy atom. The minimum Gasteiger partial charge on any atom is -0.477 e. The third-order valence-electron chi connectivity index (χ3n) is 4.62. The Hall–Kier alpha value is -1.38. The van der Waals surface area contributed by atoms with Crippen molar-refractivity contribution < 1.29 is 23.4 Å². The molecular formula is C13H18N2O5S. The Bertz CT molecular complexity index is 681. The first-order valence-corrected chi connectivity index (χ1v) is 8.32. The molecule has 1 aromatic rings. The van der Waals surface area contributed by atoms with Crippen molar-refractivity contribution in [1.29, 1.82) is 0 Å². The van der Waals surface area contributed by atoms with Crippen LogP contribution in [0.15, 0.2) is 17.2 Å². The van der Waals surface area contributed by atoms with E-state index in [9.17, 15) is 18.3 Å². The van der Waals surface area contributed by atoms with Crippen molar-refractivity contribution in [3.05, 3.63) is 18.0 Å². The first-order chi connectivity index (χ1) is 9.80. The second-order valence-electron chi connectivity index (χ2n) is 5.87. The average molecular weight is 314 g/mol. The number of nitrogens with zero attached hydrogens (tertiary/aromatic N) is 2. The monoisotopic (exact) mass is 314 g/mol. The fourth-order valence-electron chi connectivity index (χ4n) is 3.43. The number of aliphatic hydroxyl groups is 1. The first kappa shape index (κ1) is 14.6. The summed E-state index contributed by atoms with van der Waals surface area (Å²) in [4.78, 5) is 11.0. The number of carboxylic acid groups (broad SMARTS) is 1. The SMILES string of the molecule is Cn1cc(S(=O)(=O)N2CC3CCC(O)C3C2)cc1C(=O)O. The number of hydrogen-bond acceptors (Lipinski definition) is 4. The summed E-state index contributed by atoms with van der Waals surface area (Å²) in [5.41, 5.74) is -0.0620. The van der Waals surface area contributed by atoms with Crippen molar-refractivity contribution in [2.45, 2.75) is 23.8 Å². The Labute approximate surface area is 122 Å². The molecule has 3 unspecified atom stereocenters. The summed E-state index contributed by atoms with van der Waals surface area (Å²) < 4.78 is 27.9. The fourth-order valence-corrected chi connectivity index (χ4v) is 5.04. The van der Waals surface area contributed by atoms with Gasteiger partial charge >= 0.3 is 5.97 Å². The Kier molecular flexibility index (Phi) is 3.34. The fraction of sp³-hybridized carbons (Fsp3) is 0.615. The molecule has 1 aliphatic carbocycles. The van der Waals surface area contributed by atoms with Crippen molar-refractivity contribution in [2.75, 3.05) is 13.1 Å². The van der Waals surface area contributed by atoms with Crippen LogP contribution in [0.4, 0.5) is 0 Å². The van der Waals surface area contributed by atoms with Gasteiger partial charge in [-0.2, -0.15) is 4.31 Å². The van der Waals surface area contributed by atoms with Crippen LogP contribution < -0.4 is 0 Å². The van der Waals surface area contributed by atoms with Crippen molar-refractivity contribution >= 4 is 16.0 Å². The largest absolute Gasteiger partial charge is 0.477 e. The van der Waals surface area contributed by atoms with E-state index < -0.39 is 22.1 Å². The smallest absolute Gasteiger partial charge is 0.352 e.